The molecule has 0 aliphatic carbocycles. The highest BCUT2D eigenvalue weighted by Crippen LogP contribution is 2.41. The first kappa shape index (κ1) is 13.7. The summed E-state index contributed by atoms with van der Waals surface area (Å²) in [6.45, 7) is 3.02. The molecule has 104 valence electrons. The molecular formula is C14H19NO4. The van der Waals surface area contributed by atoms with Gasteiger partial charge < -0.3 is 19.9 Å². The Morgan fingerprint density at radius 3 is 2.74 bits per heavy atom. The summed E-state index contributed by atoms with van der Waals surface area (Å²) >= 11 is 0. The van der Waals surface area contributed by atoms with Gasteiger partial charge in [0.05, 0.1) is 20.1 Å². The van der Waals surface area contributed by atoms with Crippen molar-refractivity contribution in [2.24, 2.45) is 5.92 Å². The van der Waals surface area contributed by atoms with Gasteiger partial charge >= 0.3 is 5.97 Å². The second kappa shape index (κ2) is 5.09. The molecule has 1 aromatic rings. The molecule has 1 fully saturated rings. The summed E-state index contributed by atoms with van der Waals surface area (Å²) in [4.78, 5) is 11.4. The minimum Gasteiger partial charge on any atom is -0.497 e. The van der Waals surface area contributed by atoms with Crippen molar-refractivity contribution in [3.05, 3.63) is 23.8 Å². The van der Waals surface area contributed by atoms with Gasteiger partial charge in [-0.1, -0.05) is 6.92 Å². The number of carbonyl (C=O) groups is 1. The normalized spacial score (nSPS) is 26.2. The smallest absolute Gasteiger partial charge is 0.308 e. The zero-order valence-corrected chi connectivity index (χ0v) is 11.4. The topological polar surface area (TPSA) is 67.8 Å². The third-order valence-electron chi connectivity index (χ3n) is 3.93. The van der Waals surface area contributed by atoms with Gasteiger partial charge in [-0.05, 0) is 18.2 Å². The van der Waals surface area contributed by atoms with Gasteiger partial charge in [0.2, 0.25) is 0 Å². The van der Waals surface area contributed by atoms with Gasteiger partial charge in [-0.2, -0.15) is 0 Å². The molecule has 0 bridgehead atoms. The zero-order valence-electron chi connectivity index (χ0n) is 11.4. The summed E-state index contributed by atoms with van der Waals surface area (Å²) in [5.74, 6) is 0.122. The van der Waals surface area contributed by atoms with Crippen molar-refractivity contribution < 1.29 is 19.4 Å². The highest BCUT2D eigenvalue weighted by molar-refractivity contribution is 5.74. The number of methoxy groups -OCH3 is 2. The van der Waals surface area contributed by atoms with Crippen LogP contribution in [0, 0.1) is 5.92 Å². The van der Waals surface area contributed by atoms with Crippen LogP contribution in [0.3, 0.4) is 0 Å². The lowest BCUT2D eigenvalue weighted by Gasteiger charge is -2.30. The maximum atomic E-state index is 11.4. The number of carboxylic acid groups (broad SMARTS) is 1. The van der Waals surface area contributed by atoms with Crippen molar-refractivity contribution in [1.82, 2.24) is 5.32 Å². The van der Waals surface area contributed by atoms with Crippen LogP contribution in [-0.2, 0) is 10.2 Å². The molecule has 1 aromatic carbocycles. The van der Waals surface area contributed by atoms with E-state index in [0.29, 0.717) is 24.6 Å². The highest BCUT2D eigenvalue weighted by Gasteiger charge is 2.46. The van der Waals surface area contributed by atoms with Crippen LogP contribution in [0.1, 0.15) is 12.5 Å². The quantitative estimate of drug-likeness (QED) is 0.858. The molecule has 2 atom stereocenters. The molecule has 1 aliphatic heterocycles. The van der Waals surface area contributed by atoms with Gasteiger partial charge in [0.1, 0.15) is 11.5 Å². The van der Waals surface area contributed by atoms with E-state index in [0.717, 1.165) is 5.56 Å². The molecule has 1 saturated heterocycles. The van der Waals surface area contributed by atoms with Gasteiger partial charge in [0.25, 0.3) is 0 Å². The molecule has 0 spiro atoms. The second-order valence-corrected chi connectivity index (χ2v) is 5.01. The molecule has 2 N–H and O–H groups in total. The average molecular weight is 265 g/mol. The van der Waals surface area contributed by atoms with E-state index in [1.807, 2.05) is 25.1 Å². The summed E-state index contributed by atoms with van der Waals surface area (Å²) in [6, 6.07) is 5.49. The number of rotatable bonds is 4. The van der Waals surface area contributed by atoms with Crippen LogP contribution in [0.2, 0.25) is 0 Å². The molecule has 1 aliphatic rings. The summed E-state index contributed by atoms with van der Waals surface area (Å²) in [7, 11) is 3.18. The molecule has 1 heterocycles. The van der Waals surface area contributed by atoms with Crippen molar-refractivity contribution in [2.45, 2.75) is 12.3 Å². The number of carboxylic acids is 1. The maximum Gasteiger partial charge on any atom is 0.308 e. The first-order valence-electron chi connectivity index (χ1n) is 6.19. The van der Waals surface area contributed by atoms with Crippen LogP contribution < -0.4 is 14.8 Å². The molecular weight excluding hydrogens is 246 g/mol. The zero-order chi connectivity index (χ0) is 14.0. The van der Waals surface area contributed by atoms with Crippen molar-refractivity contribution in [3.63, 3.8) is 0 Å². The summed E-state index contributed by atoms with van der Waals surface area (Å²) in [6.07, 6.45) is 0. The van der Waals surface area contributed by atoms with Crippen LogP contribution in [0.5, 0.6) is 11.5 Å². The lowest BCUT2D eigenvalue weighted by Crippen LogP contribution is -2.36. The van der Waals surface area contributed by atoms with Gasteiger partial charge in [-0.25, -0.2) is 0 Å². The fourth-order valence-corrected chi connectivity index (χ4v) is 2.73. The minimum absolute atomic E-state index is 0.464. The Labute approximate surface area is 112 Å². The van der Waals surface area contributed by atoms with Crippen LogP contribution in [0.4, 0.5) is 0 Å². The Morgan fingerprint density at radius 1 is 1.42 bits per heavy atom. The van der Waals surface area contributed by atoms with E-state index in [9.17, 15) is 9.90 Å². The highest BCUT2D eigenvalue weighted by atomic mass is 16.5. The second-order valence-electron chi connectivity index (χ2n) is 5.01. The fourth-order valence-electron chi connectivity index (χ4n) is 2.73. The summed E-state index contributed by atoms with van der Waals surface area (Å²) in [5, 5.41) is 12.5. The molecule has 19 heavy (non-hydrogen) atoms. The van der Waals surface area contributed by atoms with Crippen molar-refractivity contribution >= 4 is 5.97 Å². The first-order chi connectivity index (χ1) is 9.02. The van der Waals surface area contributed by atoms with Gasteiger partial charge in [0.15, 0.2) is 0 Å². The SMILES string of the molecule is COc1ccc(OC)c(C2(C)CNCC2C(=O)O)c1. The van der Waals surface area contributed by atoms with Crippen LogP contribution in [0.25, 0.3) is 0 Å². The number of nitrogens with one attached hydrogen (secondary N) is 1. The van der Waals surface area contributed by atoms with Crippen molar-refractivity contribution in [2.75, 3.05) is 27.3 Å². The van der Waals surface area contributed by atoms with E-state index in [1.54, 1.807) is 14.2 Å². The molecule has 0 amide bonds. The van der Waals surface area contributed by atoms with E-state index in [-0.39, 0.29) is 0 Å². The molecule has 0 radical (unpaired) electrons. The molecule has 5 heteroatoms. The average Bonchev–Trinajstić information content (AvgIpc) is 2.81. The van der Waals surface area contributed by atoms with Crippen LogP contribution in [-0.4, -0.2) is 38.4 Å². The Kier molecular flexibility index (Phi) is 3.66. The van der Waals surface area contributed by atoms with E-state index >= 15 is 0 Å². The number of hydrogen-bond acceptors (Lipinski definition) is 4. The monoisotopic (exact) mass is 265 g/mol. The summed E-state index contributed by atoms with van der Waals surface area (Å²) in [5.41, 5.74) is 0.359. The van der Waals surface area contributed by atoms with E-state index in [1.165, 1.54) is 0 Å². The van der Waals surface area contributed by atoms with Crippen LogP contribution in [0.15, 0.2) is 18.2 Å². The van der Waals surface area contributed by atoms with Gasteiger partial charge in [-0.3, -0.25) is 4.79 Å². The van der Waals surface area contributed by atoms with Crippen molar-refractivity contribution in [3.8, 4) is 11.5 Å². The van der Waals surface area contributed by atoms with Crippen molar-refractivity contribution in [1.29, 1.82) is 0 Å². The lowest BCUT2D eigenvalue weighted by atomic mass is 9.73. The largest absolute Gasteiger partial charge is 0.497 e. The number of benzene rings is 1. The number of hydrogen-bond donors (Lipinski definition) is 2. The van der Waals surface area contributed by atoms with Gasteiger partial charge in [-0.15, -0.1) is 0 Å². The Bertz CT molecular complexity index is 488. The van der Waals surface area contributed by atoms with Crippen LogP contribution >= 0.6 is 0 Å². The van der Waals surface area contributed by atoms with E-state index in [4.69, 9.17) is 9.47 Å². The first-order valence-corrected chi connectivity index (χ1v) is 6.19. The van der Waals surface area contributed by atoms with E-state index in [2.05, 4.69) is 5.32 Å². The Balaban J connectivity index is 2.52. The third-order valence-corrected chi connectivity index (χ3v) is 3.93. The molecule has 0 aromatic heterocycles. The Hall–Kier alpha value is -1.75. The molecule has 2 rings (SSSR count). The lowest BCUT2D eigenvalue weighted by molar-refractivity contribution is -0.142. The predicted molar refractivity (Wildman–Crippen MR) is 70.9 cm³/mol. The minimum atomic E-state index is -0.794. The maximum absolute atomic E-state index is 11.4. The molecule has 0 saturated carbocycles. The number of ether oxygens (including phenoxy) is 2. The third kappa shape index (κ3) is 2.26. The molecule has 5 nitrogen and oxygen atoms in total. The predicted octanol–water partition coefficient (Wildman–Crippen LogP) is 1.27. The fraction of sp³-hybridized carbons (Fsp3) is 0.500. The Morgan fingerprint density at radius 2 is 2.16 bits per heavy atom. The summed E-state index contributed by atoms with van der Waals surface area (Å²) < 4.78 is 10.6. The number of aliphatic carboxylic acids is 1. The standard InChI is InChI=1S/C14H19NO4/c1-14(8-15-7-11(14)13(16)17)10-6-9(18-2)4-5-12(10)19-3/h4-6,11,15H,7-8H2,1-3H3,(H,16,17). The molecule has 2 unspecified atom stereocenters. The van der Waals surface area contributed by atoms with Gasteiger partial charge in [0, 0.05) is 24.1 Å². The van der Waals surface area contributed by atoms with E-state index < -0.39 is 17.3 Å².